The number of hydrogen-bond acceptors (Lipinski definition) is 2. The van der Waals surface area contributed by atoms with Crippen molar-refractivity contribution in [2.24, 2.45) is 0 Å². The van der Waals surface area contributed by atoms with Crippen molar-refractivity contribution in [3.63, 3.8) is 0 Å². The Hall–Kier alpha value is -1.02. The van der Waals surface area contributed by atoms with Gasteiger partial charge in [0.1, 0.15) is 0 Å². The van der Waals surface area contributed by atoms with Crippen molar-refractivity contribution in [2.75, 3.05) is 19.3 Å². The van der Waals surface area contributed by atoms with Crippen molar-refractivity contribution in [3.8, 4) is 0 Å². The number of fused-ring (bicyclic) bond motifs is 1. The first kappa shape index (κ1) is 10.9. The number of anilines is 1. The molecule has 96 valence electrons. The van der Waals surface area contributed by atoms with Gasteiger partial charge in [-0.25, -0.2) is 0 Å². The van der Waals surface area contributed by atoms with Gasteiger partial charge >= 0.3 is 0 Å². The summed E-state index contributed by atoms with van der Waals surface area (Å²) in [5.41, 5.74) is 12.6. The van der Waals surface area contributed by atoms with Crippen LogP contribution in [0.15, 0.2) is 12.1 Å². The van der Waals surface area contributed by atoms with Gasteiger partial charge in [-0.1, -0.05) is 6.92 Å². The highest BCUT2D eigenvalue weighted by molar-refractivity contribution is 5.58. The first-order valence-corrected chi connectivity index (χ1v) is 7.20. The van der Waals surface area contributed by atoms with Crippen LogP contribution >= 0.6 is 0 Å². The fourth-order valence-electron chi connectivity index (χ4n) is 4.61. The second-order valence-corrected chi connectivity index (χ2v) is 6.90. The standard InChI is InChI=1S/C16H22N2/c1-15-5-3-4-11-8-12(17)9-13(14(11)15)16(6-7-16)18(2)10-15/h8-9H,3-7,10,17H2,1-2H3. The number of nitrogens with two attached hydrogens (primary N) is 1. The molecule has 1 unspecified atom stereocenters. The number of rotatable bonds is 0. The lowest BCUT2D eigenvalue weighted by atomic mass is 9.65. The lowest BCUT2D eigenvalue weighted by molar-refractivity contribution is 0.137. The highest BCUT2D eigenvalue weighted by Gasteiger charge is 2.56. The van der Waals surface area contributed by atoms with Crippen LogP contribution in [0.4, 0.5) is 5.69 Å². The van der Waals surface area contributed by atoms with Crippen LogP contribution in [0, 0.1) is 0 Å². The fraction of sp³-hybridized carbons (Fsp3) is 0.625. The molecule has 1 aliphatic heterocycles. The highest BCUT2D eigenvalue weighted by atomic mass is 15.2. The SMILES string of the molecule is CN1CC2(C)CCCc3cc(N)cc(c32)C12CC2. The Balaban J connectivity index is 2.03. The minimum atomic E-state index is 0.344. The molecule has 1 fully saturated rings. The molecule has 1 saturated carbocycles. The fourth-order valence-corrected chi connectivity index (χ4v) is 4.61. The predicted molar refractivity (Wildman–Crippen MR) is 74.7 cm³/mol. The number of aryl methyl sites for hydroxylation is 1. The van der Waals surface area contributed by atoms with Crippen molar-refractivity contribution in [3.05, 3.63) is 28.8 Å². The molecule has 2 nitrogen and oxygen atoms in total. The molecule has 0 amide bonds. The Labute approximate surface area is 109 Å². The normalized spacial score (nSPS) is 32.3. The van der Waals surface area contributed by atoms with Gasteiger partial charge in [-0.15, -0.1) is 0 Å². The first-order valence-electron chi connectivity index (χ1n) is 7.20. The van der Waals surface area contributed by atoms with E-state index < -0.39 is 0 Å². The number of nitrogens with zero attached hydrogens (tertiary/aromatic N) is 1. The van der Waals surface area contributed by atoms with Crippen LogP contribution in [0.25, 0.3) is 0 Å². The van der Waals surface area contributed by atoms with Crippen LogP contribution in [-0.4, -0.2) is 18.5 Å². The molecule has 0 bridgehead atoms. The minimum Gasteiger partial charge on any atom is -0.399 e. The Morgan fingerprint density at radius 2 is 2.00 bits per heavy atom. The molecule has 1 spiro atoms. The van der Waals surface area contributed by atoms with E-state index in [1.165, 1.54) is 44.2 Å². The summed E-state index contributed by atoms with van der Waals surface area (Å²) in [6.07, 6.45) is 6.50. The zero-order chi connectivity index (χ0) is 12.5. The Kier molecular flexibility index (Phi) is 1.87. The van der Waals surface area contributed by atoms with Crippen molar-refractivity contribution < 1.29 is 0 Å². The monoisotopic (exact) mass is 242 g/mol. The van der Waals surface area contributed by atoms with Crippen LogP contribution in [0.5, 0.6) is 0 Å². The van der Waals surface area contributed by atoms with E-state index >= 15 is 0 Å². The van der Waals surface area contributed by atoms with Gasteiger partial charge in [0.2, 0.25) is 0 Å². The predicted octanol–water partition coefficient (Wildman–Crippen LogP) is 2.80. The molecule has 0 saturated heterocycles. The lowest BCUT2D eigenvalue weighted by Crippen LogP contribution is -2.50. The third-order valence-electron chi connectivity index (χ3n) is 5.56. The van der Waals surface area contributed by atoms with Gasteiger partial charge in [0, 0.05) is 23.2 Å². The van der Waals surface area contributed by atoms with Crippen LogP contribution in [0.3, 0.4) is 0 Å². The maximum Gasteiger partial charge on any atom is 0.0463 e. The highest BCUT2D eigenvalue weighted by Crippen LogP contribution is 2.59. The van der Waals surface area contributed by atoms with Gasteiger partial charge in [0.15, 0.2) is 0 Å². The molecule has 1 atom stereocenters. The third kappa shape index (κ3) is 1.17. The summed E-state index contributed by atoms with van der Waals surface area (Å²) >= 11 is 0. The second kappa shape index (κ2) is 3.11. The molecular weight excluding hydrogens is 220 g/mol. The molecule has 4 rings (SSSR count). The minimum absolute atomic E-state index is 0.344. The average molecular weight is 242 g/mol. The van der Waals surface area contributed by atoms with E-state index in [0.717, 1.165) is 5.69 Å². The van der Waals surface area contributed by atoms with E-state index in [9.17, 15) is 0 Å². The summed E-state index contributed by atoms with van der Waals surface area (Å²) in [5, 5.41) is 0. The smallest absolute Gasteiger partial charge is 0.0463 e. The molecule has 2 N–H and O–H groups in total. The zero-order valence-corrected chi connectivity index (χ0v) is 11.4. The number of likely N-dealkylation sites (N-methyl/N-ethyl adjacent to an activating group) is 1. The molecule has 18 heavy (non-hydrogen) atoms. The summed E-state index contributed by atoms with van der Waals surface area (Å²) in [6.45, 7) is 3.67. The van der Waals surface area contributed by atoms with Gasteiger partial charge in [-0.3, -0.25) is 4.90 Å². The molecular formula is C16H22N2. The van der Waals surface area contributed by atoms with Gasteiger partial charge < -0.3 is 5.73 Å². The van der Waals surface area contributed by atoms with E-state index in [-0.39, 0.29) is 0 Å². The van der Waals surface area contributed by atoms with Crippen molar-refractivity contribution in [1.29, 1.82) is 0 Å². The Morgan fingerprint density at radius 1 is 1.22 bits per heavy atom. The van der Waals surface area contributed by atoms with E-state index in [0.29, 0.717) is 11.0 Å². The van der Waals surface area contributed by atoms with Gasteiger partial charge in [0.05, 0.1) is 0 Å². The number of nitrogen functional groups attached to an aromatic ring is 1. The maximum atomic E-state index is 6.15. The molecule has 2 heteroatoms. The van der Waals surface area contributed by atoms with Crippen molar-refractivity contribution >= 4 is 5.69 Å². The molecule has 1 heterocycles. The van der Waals surface area contributed by atoms with Crippen LogP contribution in [0.2, 0.25) is 0 Å². The number of benzene rings is 1. The Morgan fingerprint density at radius 3 is 2.72 bits per heavy atom. The summed E-state index contributed by atoms with van der Waals surface area (Å²) in [4.78, 5) is 2.60. The summed E-state index contributed by atoms with van der Waals surface area (Å²) in [6, 6.07) is 4.50. The molecule has 1 aromatic carbocycles. The molecule has 0 aromatic heterocycles. The van der Waals surface area contributed by atoms with Crippen LogP contribution in [0.1, 0.15) is 49.3 Å². The van der Waals surface area contributed by atoms with E-state index in [4.69, 9.17) is 5.73 Å². The quantitative estimate of drug-likeness (QED) is 0.709. The van der Waals surface area contributed by atoms with Crippen LogP contribution in [-0.2, 0) is 17.4 Å². The summed E-state index contributed by atoms with van der Waals surface area (Å²) in [7, 11) is 2.30. The number of hydrogen-bond donors (Lipinski definition) is 1. The molecule has 3 aliphatic rings. The molecule has 2 aliphatic carbocycles. The third-order valence-corrected chi connectivity index (χ3v) is 5.56. The van der Waals surface area contributed by atoms with Crippen molar-refractivity contribution in [2.45, 2.75) is 50.0 Å². The zero-order valence-electron chi connectivity index (χ0n) is 11.4. The van der Waals surface area contributed by atoms with Crippen LogP contribution < -0.4 is 5.73 Å². The van der Waals surface area contributed by atoms with E-state index in [2.05, 4.69) is 31.0 Å². The lowest BCUT2D eigenvalue weighted by Gasteiger charge is -2.49. The van der Waals surface area contributed by atoms with Gasteiger partial charge in [0.25, 0.3) is 0 Å². The maximum absolute atomic E-state index is 6.15. The topological polar surface area (TPSA) is 29.3 Å². The molecule has 0 radical (unpaired) electrons. The average Bonchev–Trinajstić information content (AvgIpc) is 3.06. The summed E-state index contributed by atoms with van der Waals surface area (Å²) < 4.78 is 0. The first-order chi connectivity index (χ1) is 8.55. The van der Waals surface area contributed by atoms with E-state index in [1.54, 1.807) is 11.1 Å². The largest absolute Gasteiger partial charge is 0.399 e. The van der Waals surface area contributed by atoms with Crippen molar-refractivity contribution in [1.82, 2.24) is 4.90 Å². The summed E-state index contributed by atoms with van der Waals surface area (Å²) in [5.74, 6) is 0. The van der Waals surface area contributed by atoms with E-state index in [1.807, 2.05) is 0 Å². The Bertz CT molecular complexity index is 530. The van der Waals surface area contributed by atoms with Gasteiger partial charge in [-0.05, 0) is 68.0 Å². The second-order valence-electron chi connectivity index (χ2n) is 6.90. The van der Waals surface area contributed by atoms with Gasteiger partial charge in [-0.2, -0.15) is 0 Å². The molecule has 1 aromatic rings.